The van der Waals surface area contributed by atoms with Crippen LogP contribution in [0.1, 0.15) is 25.3 Å². The average Bonchev–Trinajstić information content (AvgIpc) is 2.59. The summed E-state index contributed by atoms with van der Waals surface area (Å²) in [4.78, 5) is 16.7. The van der Waals surface area contributed by atoms with Crippen molar-refractivity contribution >= 4 is 16.8 Å². The van der Waals surface area contributed by atoms with Crippen LogP contribution in [0.3, 0.4) is 0 Å². The van der Waals surface area contributed by atoms with E-state index >= 15 is 0 Å². The first-order valence-electron chi connectivity index (χ1n) is 7.94. The SMILES string of the molecule is C[C@@H](C(=O)NCc1ccnc2ccccc12)C1CCOCC1. The Balaban J connectivity index is 1.64. The van der Waals surface area contributed by atoms with Crippen LogP contribution in [-0.4, -0.2) is 24.1 Å². The summed E-state index contributed by atoms with van der Waals surface area (Å²) in [7, 11) is 0. The smallest absolute Gasteiger partial charge is 0.223 e. The first-order valence-corrected chi connectivity index (χ1v) is 7.94. The number of ether oxygens (including phenoxy) is 1. The molecular formula is C18H22N2O2. The molecule has 1 saturated heterocycles. The van der Waals surface area contributed by atoms with Gasteiger partial charge in [-0.1, -0.05) is 25.1 Å². The maximum Gasteiger partial charge on any atom is 0.223 e. The van der Waals surface area contributed by atoms with Crippen molar-refractivity contribution in [2.45, 2.75) is 26.3 Å². The number of carbonyl (C=O) groups is 1. The number of carbonyl (C=O) groups excluding carboxylic acids is 1. The molecule has 2 aromatic rings. The summed E-state index contributed by atoms with van der Waals surface area (Å²) in [6.45, 7) is 4.12. The highest BCUT2D eigenvalue weighted by atomic mass is 16.5. The second-order valence-electron chi connectivity index (χ2n) is 5.94. The van der Waals surface area contributed by atoms with Crippen LogP contribution in [0.4, 0.5) is 0 Å². The lowest BCUT2D eigenvalue weighted by Gasteiger charge is -2.27. The van der Waals surface area contributed by atoms with Crippen molar-refractivity contribution in [1.82, 2.24) is 10.3 Å². The lowest BCUT2D eigenvalue weighted by molar-refractivity contribution is -0.127. The van der Waals surface area contributed by atoms with Crippen molar-refractivity contribution in [2.75, 3.05) is 13.2 Å². The second kappa shape index (κ2) is 6.88. The maximum absolute atomic E-state index is 12.4. The molecule has 116 valence electrons. The third-order valence-electron chi connectivity index (χ3n) is 4.58. The predicted octanol–water partition coefficient (Wildman–Crippen LogP) is 2.91. The summed E-state index contributed by atoms with van der Waals surface area (Å²) in [5.74, 6) is 0.604. The Morgan fingerprint density at radius 3 is 2.91 bits per heavy atom. The summed E-state index contributed by atoms with van der Waals surface area (Å²) in [5.41, 5.74) is 2.07. The van der Waals surface area contributed by atoms with E-state index in [0.717, 1.165) is 42.5 Å². The number of rotatable bonds is 4. The van der Waals surface area contributed by atoms with E-state index in [4.69, 9.17) is 4.74 Å². The summed E-state index contributed by atoms with van der Waals surface area (Å²) in [6.07, 6.45) is 3.76. The Hall–Kier alpha value is -1.94. The van der Waals surface area contributed by atoms with Crippen LogP contribution >= 0.6 is 0 Å². The Morgan fingerprint density at radius 1 is 1.32 bits per heavy atom. The van der Waals surface area contributed by atoms with Crippen LogP contribution in [0, 0.1) is 11.8 Å². The van der Waals surface area contributed by atoms with Gasteiger partial charge in [-0.2, -0.15) is 0 Å². The molecule has 4 nitrogen and oxygen atoms in total. The van der Waals surface area contributed by atoms with E-state index in [1.54, 1.807) is 6.20 Å². The molecule has 22 heavy (non-hydrogen) atoms. The molecule has 1 amide bonds. The van der Waals surface area contributed by atoms with Gasteiger partial charge in [0.2, 0.25) is 5.91 Å². The lowest BCUT2D eigenvalue weighted by Crippen LogP contribution is -2.35. The van der Waals surface area contributed by atoms with Crippen LogP contribution in [0.2, 0.25) is 0 Å². The Labute approximate surface area is 130 Å². The van der Waals surface area contributed by atoms with E-state index < -0.39 is 0 Å². The van der Waals surface area contributed by atoms with Crippen LogP contribution in [-0.2, 0) is 16.1 Å². The minimum atomic E-state index is 0.0389. The zero-order chi connectivity index (χ0) is 15.4. The van der Waals surface area contributed by atoms with Gasteiger partial charge in [0.15, 0.2) is 0 Å². The molecule has 1 aromatic heterocycles. The molecule has 1 N–H and O–H groups in total. The summed E-state index contributed by atoms with van der Waals surface area (Å²) in [5, 5.41) is 4.18. The average molecular weight is 298 g/mol. The monoisotopic (exact) mass is 298 g/mol. The number of fused-ring (bicyclic) bond motifs is 1. The first kappa shape index (κ1) is 15.0. The maximum atomic E-state index is 12.4. The number of nitrogens with one attached hydrogen (secondary N) is 1. The van der Waals surface area contributed by atoms with E-state index in [2.05, 4.69) is 10.3 Å². The molecule has 1 aromatic carbocycles. The number of hydrogen-bond acceptors (Lipinski definition) is 3. The largest absolute Gasteiger partial charge is 0.381 e. The number of hydrogen-bond donors (Lipinski definition) is 1. The van der Waals surface area contributed by atoms with E-state index in [1.165, 1.54) is 0 Å². The predicted molar refractivity (Wildman–Crippen MR) is 86.3 cm³/mol. The van der Waals surface area contributed by atoms with Gasteiger partial charge in [0, 0.05) is 37.3 Å². The minimum absolute atomic E-state index is 0.0389. The fourth-order valence-corrected chi connectivity index (χ4v) is 3.08. The van der Waals surface area contributed by atoms with Gasteiger partial charge < -0.3 is 10.1 Å². The molecule has 0 aliphatic carbocycles. The number of pyridine rings is 1. The standard InChI is InChI=1S/C18H22N2O2/c1-13(14-7-10-22-11-8-14)18(21)20-12-15-6-9-19-17-5-3-2-4-16(15)17/h2-6,9,13-14H,7-8,10-12H2,1H3,(H,20,21)/t13-/m1/s1. The highest BCUT2D eigenvalue weighted by Gasteiger charge is 2.25. The van der Waals surface area contributed by atoms with Crippen molar-refractivity contribution in [3.8, 4) is 0 Å². The fourth-order valence-electron chi connectivity index (χ4n) is 3.08. The molecule has 1 aliphatic heterocycles. The number of aromatic nitrogens is 1. The quantitative estimate of drug-likeness (QED) is 0.944. The minimum Gasteiger partial charge on any atom is -0.381 e. The number of amides is 1. The molecule has 1 atom stereocenters. The van der Waals surface area contributed by atoms with Crippen molar-refractivity contribution in [1.29, 1.82) is 0 Å². The Kier molecular flexibility index (Phi) is 4.68. The molecule has 0 radical (unpaired) electrons. The number of para-hydroxylation sites is 1. The first-order chi connectivity index (χ1) is 10.8. The van der Waals surface area contributed by atoms with Crippen LogP contribution in [0.25, 0.3) is 10.9 Å². The van der Waals surface area contributed by atoms with E-state index in [0.29, 0.717) is 12.5 Å². The highest BCUT2D eigenvalue weighted by molar-refractivity contribution is 5.83. The van der Waals surface area contributed by atoms with Gasteiger partial charge in [-0.05, 0) is 36.5 Å². The highest BCUT2D eigenvalue weighted by Crippen LogP contribution is 2.24. The van der Waals surface area contributed by atoms with Crippen molar-refractivity contribution in [3.63, 3.8) is 0 Å². The van der Waals surface area contributed by atoms with E-state index in [1.807, 2.05) is 37.3 Å². The fraction of sp³-hybridized carbons (Fsp3) is 0.444. The lowest BCUT2D eigenvalue weighted by atomic mass is 9.87. The normalized spacial score (nSPS) is 17.3. The van der Waals surface area contributed by atoms with Gasteiger partial charge in [0.25, 0.3) is 0 Å². The molecular weight excluding hydrogens is 276 g/mol. The molecule has 4 heteroatoms. The summed E-state index contributed by atoms with van der Waals surface area (Å²) >= 11 is 0. The van der Waals surface area contributed by atoms with Gasteiger partial charge in [-0.25, -0.2) is 0 Å². The zero-order valence-electron chi connectivity index (χ0n) is 12.9. The van der Waals surface area contributed by atoms with Crippen LogP contribution in [0.15, 0.2) is 36.5 Å². The van der Waals surface area contributed by atoms with Crippen molar-refractivity contribution < 1.29 is 9.53 Å². The molecule has 2 heterocycles. The van der Waals surface area contributed by atoms with Gasteiger partial charge in [-0.15, -0.1) is 0 Å². The topological polar surface area (TPSA) is 51.2 Å². The Morgan fingerprint density at radius 2 is 2.09 bits per heavy atom. The van der Waals surface area contributed by atoms with Gasteiger partial charge in [0.1, 0.15) is 0 Å². The molecule has 0 bridgehead atoms. The van der Waals surface area contributed by atoms with Gasteiger partial charge >= 0.3 is 0 Å². The molecule has 1 aliphatic rings. The van der Waals surface area contributed by atoms with Crippen molar-refractivity contribution in [3.05, 3.63) is 42.1 Å². The molecule has 0 unspecified atom stereocenters. The molecule has 3 rings (SSSR count). The van der Waals surface area contributed by atoms with Crippen LogP contribution in [0.5, 0.6) is 0 Å². The molecule has 1 fully saturated rings. The number of benzene rings is 1. The van der Waals surface area contributed by atoms with E-state index in [9.17, 15) is 4.79 Å². The summed E-state index contributed by atoms with van der Waals surface area (Å²) in [6, 6.07) is 9.99. The molecule has 0 spiro atoms. The van der Waals surface area contributed by atoms with E-state index in [-0.39, 0.29) is 11.8 Å². The molecule has 0 saturated carbocycles. The summed E-state index contributed by atoms with van der Waals surface area (Å²) < 4.78 is 5.37. The van der Waals surface area contributed by atoms with Gasteiger partial charge in [0.05, 0.1) is 5.52 Å². The number of nitrogens with zero attached hydrogens (tertiary/aromatic N) is 1. The zero-order valence-corrected chi connectivity index (χ0v) is 12.9. The Bertz CT molecular complexity index is 645. The second-order valence-corrected chi connectivity index (χ2v) is 5.94. The third kappa shape index (κ3) is 3.28. The third-order valence-corrected chi connectivity index (χ3v) is 4.58. The van der Waals surface area contributed by atoms with Gasteiger partial charge in [-0.3, -0.25) is 9.78 Å². The van der Waals surface area contributed by atoms with Crippen LogP contribution < -0.4 is 5.32 Å². The van der Waals surface area contributed by atoms with Crippen molar-refractivity contribution in [2.24, 2.45) is 11.8 Å².